The summed E-state index contributed by atoms with van der Waals surface area (Å²) in [5.74, 6) is 0.650. The van der Waals surface area contributed by atoms with Gasteiger partial charge in [0.15, 0.2) is 0 Å². The molecule has 1 N–H and O–H groups in total. The number of para-hydroxylation sites is 1. The van der Waals surface area contributed by atoms with Crippen LogP contribution in [0.3, 0.4) is 0 Å². The molecule has 4 heteroatoms. The first kappa shape index (κ1) is 14.6. The lowest BCUT2D eigenvalue weighted by Crippen LogP contribution is -2.15. The van der Waals surface area contributed by atoms with Gasteiger partial charge in [-0.05, 0) is 48.7 Å². The van der Waals surface area contributed by atoms with Crippen molar-refractivity contribution in [3.05, 3.63) is 59.9 Å². The average molecular weight is 299 g/mol. The fraction of sp³-hybridized carbons (Fsp3) is 0.278. The fourth-order valence-electron chi connectivity index (χ4n) is 2.25. The van der Waals surface area contributed by atoms with Crippen LogP contribution in [-0.2, 0) is 11.2 Å². The highest BCUT2D eigenvalue weighted by atomic mass is 19.1. The number of carbonyl (C=O) groups excluding carboxylic acids is 1. The molecule has 1 amide bonds. The number of halogens is 1. The zero-order chi connectivity index (χ0) is 15.4. The van der Waals surface area contributed by atoms with Crippen LogP contribution in [0.4, 0.5) is 10.1 Å². The van der Waals surface area contributed by atoms with Crippen molar-refractivity contribution in [2.45, 2.75) is 19.3 Å². The number of benzene rings is 2. The minimum absolute atomic E-state index is 0.104. The minimum atomic E-state index is -0.277. The largest absolute Gasteiger partial charge is 0.493 e. The minimum Gasteiger partial charge on any atom is -0.493 e. The molecule has 3 nitrogen and oxygen atoms in total. The Balaban J connectivity index is 1.57. The standard InChI is InChI=1S/C18H18FNO2/c19-15-7-9-16(10-8-15)22-12-11-13-3-1-2-4-17(13)20-18(21)14-5-6-14/h1-4,7-10,14H,5-6,11-12H2,(H,20,21). The van der Waals surface area contributed by atoms with Gasteiger partial charge in [-0.25, -0.2) is 4.39 Å². The highest BCUT2D eigenvalue weighted by molar-refractivity contribution is 5.94. The summed E-state index contributed by atoms with van der Waals surface area (Å²) in [4.78, 5) is 11.9. The van der Waals surface area contributed by atoms with Gasteiger partial charge in [-0.1, -0.05) is 18.2 Å². The number of rotatable bonds is 6. The number of hydrogen-bond acceptors (Lipinski definition) is 2. The molecule has 0 unspecified atom stereocenters. The quantitative estimate of drug-likeness (QED) is 0.881. The Bertz CT molecular complexity index is 650. The Morgan fingerprint density at radius 3 is 2.59 bits per heavy atom. The van der Waals surface area contributed by atoms with Crippen molar-refractivity contribution in [1.29, 1.82) is 0 Å². The van der Waals surface area contributed by atoms with Crippen LogP contribution < -0.4 is 10.1 Å². The van der Waals surface area contributed by atoms with Crippen molar-refractivity contribution in [2.24, 2.45) is 5.92 Å². The highest BCUT2D eigenvalue weighted by Gasteiger charge is 2.29. The van der Waals surface area contributed by atoms with E-state index < -0.39 is 0 Å². The summed E-state index contributed by atoms with van der Waals surface area (Å²) in [6, 6.07) is 13.7. The molecule has 0 aliphatic heterocycles. The lowest BCUT2D eigenvalue weighted by molar-refractivity contribution is -0.117. The van der Waals surface area contributed by atoms with E-state index in [1.54, 1.807) is 12.1 Å². The molecule has 1 aliphatic rings. The summed E-state index contributed by atoms with van der Waals surface area (Å²) in [6.45, 7) is 0.474. The maximum atomic E-state index is 12.8. The van der Waals surface area contributed by atoms with Crippen LogP contribution in [0.2, 0.25) is 0 Å². The average Bonchev–Trinajstić information content (AvgIpc) is 3.36. The zero-order valence-corrected chi connectivity index (χ0v) is 12.2. The molecule has 0 saturated heterocycles. The third kappa shape index (κ3) is 3.85. The van der Waals surface area contributed by atoms with Gasteiger partial charge in [0.05, 0.1) is 6.61 Å². The first-order valence-electron chi connectivity index (χ1n) is 7.49. The molecule has 0 radical (unpaired) electrons. The number of ether oxygens (including phenoxy) is 1. The van der Waals surface area contributed by atoms with Crippen molar-refractivity contribution in [1.82, 2.24) is 0 Å². The predicted molar refractivity (Wildman–Crippen MR) is 83.4 cm³/mol. The molecule has 0 aromatic heterocycles. The third-order valence-corrected chi connectivity index (χ3v) is 3.68. The molecule has 1 aliphatic carbocycles. The second-order valence-electron chi connectivity index (χ2n) is 5.47. The SMILES string of the molecule is O=C(Nc1ccccc1CCOc1ccc(F)cc1)C1CC1. The molecular weight excluding hydrogens is 281 g/mol. The van der Waals surface area contributed by atoms with Gasteiger partial charge in [-0.3, -0.25) is 4.79 Å². The number of amides is 1. The van der Waals surface area contributed by atoms with Crippen LogP contribution in [0.5, 0.6) is 5.75 Å². The lowest BCUT2D eigenvalue weighted by Gasteiger charge is -2.11. The van der Waals surface area contributed by atoms with Gasteiger partial charge >= 0.3 is 0 Å². The van der Waals surface area contributed by atoms with Gasteiger partial charge < -0.3 is 10.1 Å². The molecule has 0 spiro atoms. The molecule has 2 aromatic rings. The molecule has 1 saturated carbocycles. The van der Waals surface area contributed by atoms with Crippen LogP contribution in [-0.4, -0.2) is 12.5 Å². The smallest absolute Gasteiger partial charge is 0.227 e. The van der Waals surface area contributed by atoms with Gasteiger partial charge in [-0.15, -0.1) is 0 Å². The van der Waals surface area contributed by atoms with Crippen LogP contribution in [0.15, 0.2) is 48.5 Å². The second-order valence-corrected chi connectivity index (χ2v) is 5.47. The maximum absolute atomic E-state index is 12.8. The van der Waals surface area contributed by atoms with E-state index in [2.05, 4.69) is 5.32 Å². The molecular formula is C18H18FNO2. The predicted octanol–water partition coefficient (Wildman–Crippen LogP) is 3.80. The molecule has 0 heterocycles. The summed E-state index contributed by atoms with van der Waals surface area (Å²) < 4.78 is 18.4. The summed E-state index contributed by atoms with van der Waals surface area (Å²) in [7, 11) is 0. The summed E-state index contributed by atoms with van der Waals surface area (Å²) in [5.41, 5.74) is 1.89. The van der Waals surface area contributed by atoms with Crippen LogP contribution in [0.1, 0.15) is 18.4 Å². The Labute approximate surface area is 129 Å². The topological polar surface area (TPSA) is 38.3 Å². The van der Waals surface area contributed by atoms with E-state index in [-0.39, 0.29) is 17.6 Å². The summed E-state index contributed by atoms with van der Waals surface area (Å²) >= 11 is 0. The third-order valence-electron chi connectivity index (χ3n) is 3.68. The molecule has 0 atom stereocenters. The Morgan fingerprint density at radius 1 is 1.14 bits per heavy atom. The van der Waals surface area contributed by atoms with Crippen LogP contribution in [0.25, 0.3) is 0 Å². The molecule has 114 valence electrons. The maximum Gasteiger partial charge on any atom is 0.227 e. The van der Waals surface area contributed by atoms with Crippen LogP contribution in [0, 0.1) is 11.7 Å². The number of anilines is 1. The summed E-state index contributed by atoms with van der Waals surface area (Å²) in [6.07, 6.45) is 2.65. The van der Waals surface area contributed by atoms with Gasteiger partial charge in [0.2, 0.25) is 5.91 Å². The van der Waals surface area contributed by atoms with E-state index in [1.165, 1.54) is 12.1 Å². The number of hydrogen-bond donors (Lipinski definition) is 1. The Hall–Kier alpha value is -2.36. The van der Waals surface area contributed by atoms with Gasteiger partial charge in [-0.2, -0.15) is 0 Å². The van der Waals surface area contributed by atoms with E-state index in [1.807, 2.05) is 24.3 Å². The normalized spacial score (nSPS) is 13.7. The van der Waals surface area contributed by atoms with Crippen molar-refractivity contribution in [2.75, 3.05) is 11.9 Å². The zero-order valence-electron chi connectivity index (χ0n) is 12.2. The van der Waals surface area contributed by atoms with E-state index >= 15 is 0 Å². The van der Waals surface area contributed by atoms with Gasteiger partial charge in [0.25, 0.3) is 0 Å². The van der Waals surface area contributed by atoms with Crippen molar-refractivity contribution in [3.8, 4) is 5.75 Å². The molecule has 0 bridgehead atoms. The molecule has 1 fully saturated rings. The number of nitrogens with one attached hydrogen (secondary N) is 1. The Morgan fingerprint density at radius 2 is 1.86 bits per heavy atom. The van der Waals surface area contributed by atoms with Crippen molar-refractivity contribution >= 4 is 11.6 Å². The van der Waals surface area contributed by atoms with Crippen molar-refractivity contribution in [3.63, 3.8) is 0 Å². The number of carbonyl (C=O) groups is 1. The second kappa shape index (κ2) is 6.60. The lowest BCUT2D eigenvalue weighted by atomic mass is 10.1. The first-order chi connectivity index (χ1) is 10.7. The van der Waals surface area contributed by atoms with Gasteiger partial charge in [0.1, 0.15) is 11.6 Å². The van der Waals surface area contributed by atoms with E-state index in [0.29, 0.717) is 18.8 Å². The molecule has 3 rings (SSSR count). The van der Waals surface area contributed by atoms with Crippen molar-refractivity contribution < 1.29 is 13.9 Å². The highest BCUT2D eigenvalue weighted by Crippen LogP contribution is 2.30. The summed E-state index contributed by atoms with van der Waals surface area (Å²) in [5, 5.41) is 2.98. The fourth-order valence-corrected chi connectivity index (χ4v) is 2.25. The van der Waals surface area contributed by atoms with Crippen LogP contribution >= 0.6 is 0 Å². The first-order valence-corrected chi connectivity index (χ1v) is 7.49. The van der Waals surface area contributed by atoms with E-state index in [4.69, 9.17) is 4.74 Å². The molecule has 2 aromatic carbocycles. The van der Waals surface area contributed by atoms with Gasteiger partial charge in [0, 0.05) is 18.0 Å². The van der Waals surface area contributed by atoms with E-state index in [0.717, 1.165) is 24.1 Å². The monoisotopic (exact) mass is 299 g/mol. The Kier molecular flexibility index (Phi) is 4.37. The van der Waals surface area contributed by atoms with E-state index in [9.17, 15) is 9.18 Å². The molecule has 22 heavy (non-hydrogen) atoms.